The number of rotatable bonds is 3. The molecule has 1 unspecified atom stereocenters. The van der Waals surface area contributed by atoms with Gasteiger partial charge >= 0.3 is 0 Å². The Kier molecular flexibility index (Phi) is 2.85. The first-order chi connectivity index (χ1) is 10.4. The Morgan fingerprint density at radius 2 is 2.19 bits per heavy atom. The summed E-state index contributed by atoms with van der Waals surface area (Å²) in [5.74, 6) is 1.36. The third kappa shape index (κ3) is 1.97. The molecule has 108 valence electrons. The summed E-state index contributed by atoms with van der Waals surface area (Å²) in [5.41, 5.74) is 1.78. The molecule has 7 heteroatoms. The number of fused-ring (bicyclic) bond motifs is 1. The number of aldehydes is 1. The third-order valence-electron chi connectivity index (χ3n) is 3.68. The molecule has 0 radical (unpaired) electrons. The van der Waals surface area contributed by atoms with Crippen LogP contribution in [0, 0.1) is 0 Å². The van der Waals surface area contributed by atoms with E-state index in [4.69, 9.17) is 14.2 Å². The fourth-order valence-corrected chi connectivity index (χ4v) is 2.69. The Bertz CT molecular complexity index is 692. The molecule has 1 saturated heterocycles. The number of hydrogen-bond donors (Lipinski definition) is 0. The summed E-state index contributed by atoms with van der Waals surface area (Å²) in [5, 5.41) is 8.03. The first-order valence-corrected chi connectivity index (χ1v) is 6.79. The molecule has 21 heavy (non-hydrogen) atoms. The van der Waals surface area contributed by atoms with Gasteiger partial charge in [-0.25, -0.2) is 4.68 Å². The molecule has 4 rings (SSSR count). The van der Waals surface area contributed by atoms with E-state index < -0.39 is 0 Å². The molecule has 0 N–H and O–H groups in total. The molecule has 0 saturated carbocycles. The Balaban J connectivity index is 1.81. The van der Waals surface area contributed by atoms with Crippen LogP contribution in [-0.4, -0.2) is 34.7 Å². The lowest BCUT2D eigenvalue weighted by Gasteiger charge is -2.12. The number of benzene rings is 1. The van der Waals surface area contributed by atoms with Gasteiger partial charge in [0.15, 0.2) is 23.5 Å². The number of hydrogen-bond acceptors (Lipinski definition) is 6. The molecule has 2 aliphatic rings. The van der Waals surface area contributed by atoms with Crippen molar-refractivity contribution in [1.29, 1.82) is 0 Å². The SMILES string of the molecule is O=Cc1nnn(-c2ccc3c(c2)OCO3)c1C1CCCO1. The fraction of sp³-hybridized carbons (Fsp3) is 0.357. The van der Waals surface area contributed by atoms with E-state index >= 15 is 0 Å². The molecule has 0 aliphatic carbocycles. The molecule has 0 amide bonds. The van der Waals surface area contributed by atoms with Crippen LogP contribution >= 0.6 is 0 Å². The van der Waals surface area contributed by atoms with Gasteiger partial charge in [0.05, 0.1) is 5.69 Å². The summed E-state index contributed by atoms with van der Waals surface area (Å²) in [6.07, 6.45) is 2.40. The van der Waals surface area contributed by atoms with Gasteiger partial charge in [-0.3, -0.25) is 4.79 Å². The van der Waals surface area contributed by atoms with Gasteiger partial charge in [-0.15, -0.1) is 5.10 Å². The zero-order valence-electron chi connectivity index (χ0n) is 11.2. The standard InChI is InChI=1S/C14H13N3O4/c18-7-10-14(12-2-1-5-19-12)17(16-15-10)9-3-4-11-13(6-9)21-8-20-11/h3-4,6-7,12H,1-2,5,8H2. The second-order valence-electron chi connectivity index (χ2n) is 4.93. The molecule has 0 spiro atoms. The Hall–Kier alpha value is -2.41. The van der Waals surface area contributed by atoms with E-state index in [1.807, 2.05) is 18.2 Å². The first kappa shape index (κ1) is 12.3. The second kappa shape index (κ2) is 4.85. The molecular weight excluding hydrogens is 274 g/mol. The lowest BCUT2D eigenvalue weighted by atomic mass is 10.1. The summed E-state index contributed by atoms with van der Waals surface area (Å²) in [6, 6.07) is 5.50. The van der Waals surface area contributed by atoms with E-state index in [0.717, 1.165) is 18.5 Å². The van der Waals surface area contributed by atoms with E-state index in [2.05, 4.69) is 10.3 Å². The van der Waals surface area contributed by atoms with Gasteiger partial charge in [0.2, 0.25) is 6.79 Å². The molecule has 7 nitrogen and oxygen atoms in total. The second-order valence-corrected chi connectivity index (χ2v) is 4.93. The number of carbonyl (C=O) groups is 1. The maximum atomic E-state index is 11.2. The quantitative estimate of drug-likeness (QED) is 0.799. The molecule has 1 aromatic carbocycles. The summed E-state index contributed by atoms with van der Waals surface area (Å²) in [4.78, 5) is 11.2. The van der Waals surface area contributed by atoms with Crippen molar-refractivity contribution in [2.45, 2.75) is 18.9 Å². The molecule has 0 bridgehead atoms. The molecule has 1 aromatic heterocycles. The highest BCUT2D eigenvalue weighted by atomic mass is 16.7. The number of nitrogens with zero attached hydrogens (tertiary/aromatic N) is 3. The minimum absolute atomic E-state index is 0.148. The van der Waals surface area contributed by atoms with Crippen LogP contribution in [-0.2, 0) is 4.74 Å². The smallest absolute Gasteiger partial charge is 0.231 e. The number of ether oxygens (including phenoxy) is 3. The van der Waals surface area contributed by atoms with Crippen molar-refractivity contribution in [2.75, 3.05) is 13.4 Å². The molecule has 2 aromatic rings. The van der Waals surface area contributed by atoms with Gasteiger partial charge in [0, 0.05) is 12.7 Å². The monoisotopic (exact) mass is 287 g/mol. The largest absolute Gasteiger partial charge is 0.454 e. The van der Waals surface area contributed by atoms with Crippen LogP contribution in [0.3, 0.4) is 0 Å². The summed E-state index contributed by atoms with van der Waals surface area (Å²) < 4.78 is 18.0. The Morgan fingerprint density at radius 3 is 3.00 bits per heavy atom. The summed E-state index contributed by atoms with van der Waals surface area (Å²) in [7, 11) is 0. The van der Waals surface area contributed by atoms with Crippen molar-refractivity contribution in [1.82, 2.24) is 15.0 Å². The third-order valence-corrected chi connectivity index (χ3v) is 3.68. The van der Waals surface area contributed by atoms with Gasteiger partial charge < -0.3 is 14.2 Å². The van der Waals surface area contributed by atoms with Gasteiger partial charge in [0.25, 0.3) is 0 Å². The highest BCUT2D eigenvalue weighted by Gasteiger charge is 2.27. The maximum Gasteiger partial charge on any atom is 0.231 e. The molecular formula is C14H13N3O4. The highest BCUT2D eigenvalue weighted by Crippen LogP contribution is 2.36. The van der Waals surface area contributed by atoms with E-state index in [1.54, 1.807) is 4.68 Å². The van der Waals surface area contributed by atoms with Crippen molar-refractivity contribution in [3.63, 3.8) is 0 Å². The van der Waals surface area contributed by atoms with Gasteiger partial charge in [-0.2, -0.15) is 0 Å². The van der Waals surface area contributed by atoms with Crippen LogP contribution in [0.1, 0.15) is 35.1 Å². The van der Waals surface area contributed by atoms with Crippen LogP contribution in [0.15, 0.2) is 18.2 Å². The predicted octanol–water partition coefficient (Wildman–Crippen LogP) is 1.66. The minimum atomic E-state index is -0.148. The topological polar surface area (TPSA) is 75.5 Å². The minimum Gasteiger partial charge on any atom is -0.454 e. The van der Waals surface area contributed by atoms with Gasteiger partial charge in [-0.1, -0.05) is 5.21 Å². The van der Waals surface area contributed by atoms with Crippen LogP contribution in [0.25, 0.3) is 5.69 Å². The molecule has 2 aliphatic heterocycles. The Morgan fingerprint density at radius 1 is 1.29 bits per heavy atom. The van der Waals surface area contributed by atoms with Crippen molar-refractivity contribution >= 4 is 6.29 Å². The van der Waals surface area contributed by atoms with Crippen LogP contribution in [0.5, 0.6) is 11.5 Å². The van der Waals surface area contributed by atoms with Gasteiger partial charge in [-0.05, 0) is 25.0 Å². The summed E-state index contributed by atoms with van der Waals surface area (Å²) in [6.45, 7) is 0.906. The Labute approximate surface area is 120 Å². The normalized spacial score (nSPS) is 19.9. The number of carbonyl (C=O) groups excluding carboxylic acids is 1. The average Bonchev–Trinajstić information content (AvgIpc) is 3.24. The van der Waals surface area contributed by atoms with Gasteiger partial charge in [0.1, 0.15) is 11.8 Å². The van der Waals surface area contributed by atoms with Crippen LogP contribution in [0.2, 0.25) is 0 Å². The van der Waals surface area contributed by atoms with E-state index in [1.165, 1.54) is 0 Å². The van der Waals surface area contributed by atoms with Crippen molar-refractivity contribution in [3.8, 4) is 17.2 Å². The lowest BCUT2D eigenvalue weighted by molar-refractivity contribution is 0.102. The summed E-state index contributed by atoms with van der Waals surface area (Å²) >= 11 is 0. The molecule has 1 fully saturated rings. The molecule has 3 heterocycles. The molecule has 1 atom stereocenters. The van der Waals surface area contributed by atoms with Crippen LogP contribution < -0.4 is 9.47 Å². The van der Waals surface area contributed by atoms with E-state index in [9.17, 15) is 4.79 Å². The van der Waals surface area contributed by atoms with E-state index in [0.29, 0.717) is 35.8 Å². The predicted molar refractivity (Wildman–Crippen MR) is 70.8 cm³/mol. The van der Waals surface area contributed by atoms with Crippen LogP contribution in [0.4, 0.5) is 0 Å². The first-order valence-electron chi connectivity index (χ1n) is 6.79. The zero-order valence-corrected chi connectivity index (χ0v) is 11.2. The maximum absolute atomic E-state index is 11.2. The highest BCUT2D eigenvalue weighted by molar-refractivity contribution is 5.74. The fourth-order valence-electron chi connectivity index (χ4n) is 2.69. The van der Waals surface area contributed by atoms with Crippen molar-refractivity contribution < 1.29 is 19.0 Å². The average molecular weight is 287 g/mol. The van der Waals surface area contributed by atoms with Crippen molar-refractivity contribution in [3.05, 3.63) is 29.6 Å². The van der Waals surface area contributed by atoms with Crippen molar-refractivity contribution in [2.24, 2.45) is 0 Å². The number of aromatic nitrogens is 3. The van der Waals surface area contributed by atoms with E-state index in [-0.39, 0.29) is 12.9 Å². The zero-order chi connectivity index (χ0) is 14.2. The lowest BCUT2D eigenvalue weighted by Crippen LogP contribution is -2.08.